The van der Waals surface area contributed by atoms with Crippen LogP contribution in [-0.2, 0) is 11.2 Å². The Morgan fingerprint density at radius 3 is 2.61 bits per heavy atom. The molecule has 88 valence electrons. The predicted octanol–water partition coefficient (Wildman–Crippen LogP) is 3.22. The van der Waals surface area contributed by atoms with Crippen molar-refractivity contribution in [3.05, 3.63) is 70.8 Å². The Bertz CT molecular complexity index is 595. The molecule has 18 heavy (non-hydrogen) atoms. The van der Waals surface area contributed by atoms with Gasteiger partial charge in [0.15, 0.2) is 0 Å². The number of rotatable bonds is 1. The molecule has 2 heteroatoms. The highest BCUT2D eigenvalue weighted by atomic mass is 16.5. The van der Waals surface area contributed by atoms with E-state index in [9.17, 15) is 0 Å². The summed E-state index contributed by atoms with van der Waals surface area (Å²) in [5.41, 5.74) is 4.40. The fourth-order valence-corrected chi connectivity index (χ4v) is 2.40. The summed E-state index contributed by atoms with van der Waals surface area (Å²) in [6.45, 7) is 0.752. The fraction of sp³-hybridized carbons (Fsp3) is 0.188. The van der Waals surface area contributed by atoms with Crippen molar-refractivity contribution >= 4 is 0 Å². The normalized spacial score (nSPS) is 17.8. The molecule has 0 aromatic heterocycles. The molecule has 0 spiro atoms. The number of nitriles is 1. The lowest BCUT2D eigenvalue weighted by atomic mass is 9.93. The second kappa shape index (κ2) is 4.64. The lowest BCUT2D eigenvalue weighted by Crippen LogP contribution is -2.17. The third kappa shape index (κ3) is 1.90. The zero-order chi connectivity index (χ0) is 12.4. The molecule has 0 saturated heterocycles. The van der Waals surface area contributed by atoms with Crippen molar-refractivity contribution in [3.63, 3.8) is 0 Å². The van der Waals surface area contributed by atoms with Crippen molar-refractivity contribution < 1.29 is 4.74 Å². The summed E-state index contributed by atoms with van der Waals surface area (Å²) < 4.78 is 5.88. The van der Waals surface area contributed by atoms with Gasteiger partial charge in [-0.1, -0.05) is 36.4 Å². The lowest BCUT2D eigenvalue weighted by molar-refractivity contribution is 0.0698. The van der Waals surface area contributed by atoms with Crippen molar-refractivity contribution in [3.8, 4) is 6.07 Å². The Labute approximate surface area is 106 Å². The molecule has 3 rings (SSSR count). The van der Waals surface area contributed by atoms with Crippen molar-refractivity contribution in [2.75, 3.05) is 6.61 Å². The number of hydrogen-bond acceptors (Lipinski definition) is 2. The Kier molecular flexibility index (Phi) is 2.84. The van der Waals surface area contributed by atoms with Gasteiger partial charge in [-0.15, -0.1) is 0 Å². The van der Waals surface area contributed by atoms with Gasteiger partial charge in [0.05, 0.1) is 18.2 Å². The summed E-state index contributed by atoms with van der Waals surface area (Å²) in [4.78, 5) is 0. The van der Waals surface area contributed by atoms with Gasteiger partial charge in [0, 0.05) is 0 Å². The van der Waals surface area contributed by atoms with E-state index in [1.807, 2.05) is 30.3 Å². The van der Waals surface area contributed by atoms with Crippen LogP contribution in [0, 0.1) is 11.3 Å². The maximum absolute atomic E-state index is 8.82. The molecule has 0 aliphatic carbocycles. The van der Waals surface area contributed by atoms with Crippen molar-refractivity contribution in [2.45, 2.75) is 12.5 Å². The average Bonchev–Trinajstić information content (AvgIpc) is 2.47. The molecule has 0 bridgehead atoms. The second-order valence-corrected chi connectivity index (χ2v) is 4.43. The van der Waals surface area contributed by atoms with Gasteiger partial charge in [0.2, 0.25) is 0 Å². The lowest BCUT2D eigenvalue weighted by Gasteiger charge is -2.26. The maximum Gasteiger partial charge on any atom is 0.108 e. The van der Waals surface area contributed by atoms with Gasteiger partial charge in [-0.25, -0.2) is 0 Å². The molecule has 1 atom stereocenters. The molecule has 1 heterocycles. The first-order valence-corrected chi connectivity index (χ1v) is 6.08. The quantitative estimate of drug-likeness (QED) is 0.760. The van der Waals surface area contributed by atoms with E-state index in [0.717, 1.165) is 18.6 Å². The van der Waals surface area contributed by atoms with Gasteiger partial charge in [0.1, 0.15) is 6.10 Å². The Balaban J connectivity index is 2.00. The molecule has 2 nitrogen and oxygen atoms in total. The van der Waals surface area contributed by atoms with Crippen LogP contribution in [0.3, 0.4) is 0 Å². The van der Waals surface area contributed by atoms with Crippen LogP contribution in [-0.4, -0.2) is 6.61 Å². The van der Waals surface area contributed by atoms with Crippen LogP contribution in [0.1, 0.15) is 28.4 Å². The third-order valence-electron chi connectivity index (χ3n) is 3.34. The topological polar surface area (TPSA) is 33.0 Å². The largest absolute Gasteiger partial charge is 0.368 e. The number of benzene rings is 2. The minimum atomic E-state index is 0.00249. The fourth-order valence-electron chi connectivity index (χ4n) is 2.40. The van der Waals surface area contributed by atoms with Gasteiger partial charge < -0.3 is 4.74 Å². The maximum atomic E-state index is 8.82. The van der Waals surface area contributed by atoms with E-state index < -0.39 is 0 Å². The summed E-state index contributed by atoms with van der Waals surface area (Å²) >= 11 is 0. The van der Waals surface area contributed by atoms with Gasteiger partial charge in [0.25, 0.3) is 0 Å². The molecule has 0 amide bonds. The minimum absolute atomic E-state index is 0.00249. The Morgan fingerprint density at radius 1 is 1.06 bits per heavy atom. The van der Waals surface area contributed by atoms with Crippen molar-refractivity contribution in [1.29, 1.82) is 5.26 Å². The van der Waals surface area contributed by atoms with Crippen molar-refractivity contribution in [2.24, 2.45) is 0 Å². The summed E-state index contributed by atoms with van der Waals surface area (Å²) in [5, 5.41) is 8.82. The molecule has 0 saturated carbocycles. The predicted molar refractivity (Wildman–Crippen MR) is 69.1 cm³/mol. The molecule has 1 unspecified atom stereocenters. The number of hydrogen-bond donors (Lipinski definition) is 0. The highest BCUT2D eigenvalue weighted by Crippen LogP contribution is 2.32. The van der Waals surface area contributed by atoms with Crippen molar-refractivity contribution in [1.82, 2.24) is 0 Å². The molecular weight excluding hydrogens is 222 g/mol. The Hall–Kier alpha value is -2.11. The standard InChI is InChI=1S/C16H13NO/c17-11-12-5-7-14(8-6-12)16-15-4-2-1-3-13(15)9-10-18-16/h1-8,16H,9-10H2. The molecule has 1 aliphatic heterocycles. The van der Waals surface area contributed by atoms with Crippen LogP contribution < -0.4 is 0 Å². The molecule has 1 aliphatic rings. The minimum Gasteiger partial charge on any atom is -0.368 e. The van der Waals surface area contributed by atoms with E-state index in [-0.39, 0.29) is 6.10 Å². The SMILES string of the molecule is N#Cc1ccc(C2OCCc3ccccc32)cc1. The first-order valence-electron chi connectivity index (χ1n) is 6.08. The third-order valence-corrected chi connectivity index (χ3v) is 3.34. The van der Waals surface area contributed by atoms with Crippen LogP contribution in [0.2, 0.25) is 0 Å². The smallest absolute Gasteiger partial charge is 0.108 e. The highest BCUT2D eigenvalue weighted by Gasteiger charge is 2.21. The van der Waals surface area contributed by atoms with Crippen LogP contribution in [0.5, 0.6) is 0 Å². The summed E-state index contributed by atoms with van der Waals surface area (Å²) in [7, 11) is 0. The van der Waals surface area contributed by atoms with Gasteiger partial charge in [-0.3, -0.25) is 0 Å². The van der Waals surface area contributed by atoms with E-state index in [2.05, 4.69) is 24.3 Å². The van der Waals surface area contributed by atoms with Crippen LogP contribution in [0.15, 0.2) is 48.5 Å². The van der Waals surface area contributed by atoms with Crippen LogP contribution in [0.25, 0.3) is 0 Å². The van der Waals surface area contributed by atoms with Gasteiger partial charge in [-0.05, 0) is 35.2 Å². The molecule has 0 radical (unpaired) electrons. The first kappa shape index (κ1) is 11.0. The summed E-state index contributed by atoms with van der Waals surface area (Å²) in [5.74, 6) is 0. The summed E-state index contributed by atoms with van der Waals surface area (Å²) in [6.07, 6.45) is 0.978. The molecule has 2 aromatic rings. The number of fused-ring (bicyclic) bond motifs is 1. The Morgan fingerprint density at radius 2 is 1.83 bits per heavy atom. The zero-order valence-electron chi connectivity index (χ0n) is 9.97. The number of ether oxygens (including phenoxy) is 1. The monoisotopic (exact) mass is 235 g/mol. The zero-order valence-corrected chi connectivity index (χ0v) is 9.97. The van der Waals surface area contributed by atoms with Gasteiger partial charge >= 0.3 is 0 Å². The van der Waals surface area contributed by atoms with Crippen LogP contribution >= 0.6 is 0 Å². The number of nitrogens with zero attached hydrogens (tertiary/aromatic N) is 1. The second-order valence-electron chi connectivity index (χ2n) is 4.43. The highest BCUT2D eigenvalue weighted by molar-refractivity contribution is 5.40. The van der Waals surface area contributed by atoms with E-state index >= 15 is 0 Å². The molecule has 2 aromatic carbocycles. The summed E-state index contributed by atoms with van der Waals surface area (Å²) in [6, 6.07) is 18.2. The van der Waals surface area contributed by atoms with Crippen LogP contribution in [0.4, 0.5) is 0 Å². The van der Waals surface area contributed by atoms with E-state index in [0.29, 0.717) is 5.56 Å². The van der Waals surface area contributed by atoms with E-state index in [1.54, 1.807) is 0 Å². The average molecular weight is 235 g/mol. The first-order chi connectivity index (χ1) is 8.88. The van der Waals surface area contributed by atoms with Gasteiger partial charge in [-0.2, -0.15) is 5.26 Å². The molecule has 0 N–H and O–H groups in total. The van der Waals surface area contributed by atoms with E-state index in [1.165, 1.54) is 11.1 Å². The molecular formula is C16H13NO. The van der Waals surface area contributed by atoms with E-state index in [4.69, 9.17) is 10.00 Å². The molecule has 0 fully saturated rings.